The summed E-state index contributed by atoms with van der Waals surface area (Å²) in [6.45, 7) is 2.75. The maximum absolute atomic E-state index is 11.4. The number of quaternary nitrogens is 1. The minimum atomic E-state index is -0.742. The summed E-state index contributed by atoms with van der Waals surface area (Å²) in [6.07, 6.45) is 5.74. The number of carbonyl (C=O) groups is 2. The number of esters is 2. The van der Waals surface area contributed by atoms with Crippen LogP contribution in [0.1, 0.15) is 24.8 Å². The molecule has 1 fully saturated rings. The highest BCUT2D eigenvalue weighted by atomic mass is 16.5. The first-order valence-corrected chi connectivity index (χ1v) is 7.64. The average Bonchev–Trinajstić information content (AvgIpc) is 2.62. The van der Waals surface area contributed by atoms with Crippen LogP contribution in [0.3, 0.4) is 0 Å². The second-order valence-corrected chi connectivity index (χ2v) is 5.13. The predicted molar refractivity (Wildman–Crippen MR) is 88.4 cm³/mol. The molecule has 0 aromatic heterocycles. The van der Waals surface area contributed by atoms with Crippen molar-refractivity contribution < 1.29 is 24.4 Å². The fourth-order valence-electron chi connectivity index (χ4n) is 2.08. The van der Waals surface area contributed by atoms with E-state index >= 15 is 0 Å². The van der Waals surface area contributed by atoms with Crippen molar-refractivity contribution in [1.82, 2.24) is 0 Å². The van der Waals surface area contributed by atoms with Gasteiger partial charge in [-0.05, 0) is 43.0 Å². The van der Waals surface area contributed by atoms with Gasteiger partial charge in [-0.1, -0.05) is 12.1 Å². The van der Waals surface area contributed by atoms with E-state index in [4.69, 9.17) is 5.73 Å². The van der Waals surface area contributed by atoms with Gasteiger partial charge in [0.05, 0.1) is 27.3 Å². The number of hydrogen-bond acceptors (Lipinski definition) is 5. The molecule has 1 aromatic carbocycles. The molecule has 1 aliphatic heterocycles. The summed E-state index contributed by atoms with van der Waals surface area (Å²) in [5.41, 5.74) is 6.61. The third kappa shape index (κ3) is 6.97. The summed E-state index contributed by atoms with van der Waals surface area (Å²) in [5.74, 6) is -1.48. The summed E-state index contributed by atoms with van der Waals surface area (Å²) in [5, 5.41) is 2.39. The molecular weight excluding hydrogens is 296 g/mol. The summed E-state index contributed by atoms with van der Waals surface area (Å²) < 4.78 is 9.00. The molecule has 0 aliphatic carbocycles. The van der Waals surface area contributed by atoms with Gasteiger partial charge in [-0.3, -0.25) is 0 Å². The van der Waals surface area contributed by atoms with Gasteiger partial charge in [0.15, 0.2) is 0 Å². The number of nitrogen functional groups attached to an aromatic ring is 1. The van der Waals surface area contributed by atoms with Crippen LogP contribution >= 0.6 is 0 Å². The van der Waals surface area contributed by atoms with Gasteiger partial charge >= 0.3 is 11.9 Å². The lowest BCUT2D eigenvalue weighted by Gasteiger charge is -2.05. The Morgan fingerprint density at radius 2 is 1.52 bits per heavy atom. The van der Waals surface area contributed by atoms with Crippen molar-refractivity contribution in [3.8, 4) is 0 Å². The first-order chi connectivity index (χ1) is 11.1. The van der Waals surface area contributed by atoms with Crippen molar-refractivity contribution in [3.05, 3.63) is 35.4 Å². The summed E-state index contributed by atoms with van der Waals surface area (Å²) >= 11 is 0. The van der Waals surface area contributed by atoms with E-state index < -0.39 is 11.9 Å². The first kappa shape index (κ1) is 18.7. The van der Waals surface area contributed by atoms with Crippen LogP contribution in [0.5, 0.6) is 0 Å². The molecule has 0 bridgehead atoms. The van der Waals surface area contributed by atoms with E-state index in [1.54, 1.807) is 24.3 Å². The van der Waals surface area contributed by atoms with Crippen LogP contribution in [0.4, 0.5) is 5.69 Å². The van der Waals surface area contributed by atoms with Crippen LogP contribution in [0, 0.1) is 0 Å². The van der Waals surface area contributed by atoms with E-state index in [1.807, 2.05) is 0 Å². The van der Waals surface area contributed by atoms with Crippen LogP contribution < -0.4 is 11.1 Å². The minimum Gasteiger partial charge on any atom is -0.465 e. The molecule has 1 saturated heterocycles. The largest absolute Gasteiger partial charge is 0.465 e. The van der Waals surface area contributed by atoms with Crippen molar-refractivity contribution >= 4 is 23.7 Å². The number of nitrogens with two attached hydrogens (primary N) is 2. The molecule has 6 heteroatoms. The van der Waals surface area contributed by atoms with E-state index in [1.165, 1.54) is 52.6 Å². The van der Waals surface area contributed by atoms with Crippen molar-refractivity contribution in [2.45, 2.75) is 19.3 Å². The van der Waals surface area contributed by atoms with Crippen LogP contribution in [-0.2, 0) is 19.1 Å². The first-order valence-electron chi connectivity index (χ1n) is 7.64. The molecule has 0 spiro atoms. The molecule has 0 unspecified atom stereocenters. The highest BCUT2D eigenvalue weighted by Crippen LogP contribution is 2.12. The SMILES string of the molecule is C1CC[NH2+]CC1.COC(=O)C(=Cc1ccc(N)cc1)C(=O)OC. The Bertz CT molecular complexity index is 505. The Hall–Kier alpha value is -2.34. The fraction of sp³-hybridized carbons (Fsp3) is 0.412. The molecule has 1 aliphatic rings. The third-order valence-electron chi connectivity index (χ3n) is 3.37. The molecule has 2 rings (SSSR count). The minimum absolute atomic E-state index is 0.167. The lowest BCUT2D eigenvalue weighted by atomic mass is 10.1. The molecule has 6 nitrogen and oxygen atoms in total. The zero-order valence-corrected chi connectivity index (χ0v) is 13.7. The van der Waals surface area contributed by atoms with Crippen molar-refractivity contribution in [2.75, 3.05) is 33.0 Å². The van der Waals surface area contributed by atoms with E-state index in [2.05, 4.69) is 14.8 Å². The molecule has 1 aromatic rings. The number of methoxy groups -OCH3 is 2. The Kier molecular flexibility index (Phi) is 8.46. The Morgan fingerprint density at radius 1 is 1.00 bits per heavy atom. The molecule has 4 N–H and O–H groups in total. The smallest absolute Gasteiger partial charge is 0.345 e. The van der Waals surface area contributed by atoms with Crippen molar-refractivity contribution in [2.24, 2.45) is 0 Å². The number of carbonyl (C=O) groups excluding carboxylic acids is 2. The van der Waals surface area contributed by atoms with Crippen LogP contribution in [0.25, 0.3) is 6.08 Å². The Labute approximate surface area is 136 Å². The average molecular weight is 321 g/mol. The molecule has 0 radical (unpaired) electrons. The second kappa shape index (κ2) is 10.4. The van der Waals surface area contributed by atoms with Crippen LogP contribution in [-0.4, -0.2) is 39.2 Å². The topological polar surface area (TPSA) is 95.2 Å². The van der Waals surface area contributed by atoms with E-state index in [0.29, 0.717) is 11.3 Å². The quantitative estimate of drug-likeness (QED) is 0.281. The molecular formula is C17H25N2O4+. The van der Waals surface area contributed by atoms with Crippen molar-refractivity contribution in [1.29, 1.82) is 0 Å². The Morgan fingerprint density at radius 3 is 1.87 bits per heavy atom. The number of ether oxygens (including phenoxy) is 2. The zero-order valence-electron chi connectivity index (χ0n) is 13.7. The van der Waals surface area contributed by atoms with E-state index in [0.717, 1.165) is 0 Å². The summed E-state index contributed by atoms with van der Waals surface area (Å²) in [4.78, 5) is 22.7. The highest BCUT2D eigenvalue weighted by Gasteiger charge is 2.19. The highest BCUT2D eigenvalue weighted by molar-refractivity contribution is 6.17. The molecule has 1 heterocycles. The van der Waals surface area contributed by atoms with Gasteiger partial charge in [0.2, 0.25) is 0 Å². The summed E-state index contributed by atoms with van der Waals surface area (Å²) in [7, 11) is 2.39. The molecule has 0 saturated carbocycles. The lowest BCUT2D eigenvalue weighted by Crippen LogP contribution is -2.85. The number of piperidine rings is 1. The third-order valence-corrected chi connectivity index (χ3v) is 3.37. The molecule has 23 heavy (non-hydrogen) atoms. The molecule has 0 amide bonds. The van der Waals surface area contributed by atoms with Crippen molar-refractivity contribution in [3.63, 3.8) is 0 Å². The van der Waals surface area contributed by atoms with Gasteiger partial charge in [-0.25, -0.2) is 9.59 Å². The number of hydrogen-bond donors (Lipinski definition) is 2. The number of rotatable bonds is 3. The fourth-order valence-corrected chi connectivity index (χ4v) is 2.08. The van der Waals surface area contributed by atoms with Gasteiger partial charge in [-0.2, -0.15) is 0 Å². The van der Waals surface area contributed by atoms with Gasteiger partial charge < -0.3 is 20.5 Å². The van der Waals surface area contributed by atoms with Crippen LogP contribution in [0.2, 0.25) is 0 Å². The van der Waals surface area contributed by atoms with Gasteiger partial charge in [0, 0.05) is 5.69 Å². The molecule has 126 valence electrons. The van der Waals surface area contributed by atoms with Gasteiger partial charge in [0.1, 0.15) is 5.57 Å². The summed E-state index contributed by atoms with van der Waals surface area (Å²) in [6, 6.07) is 6.69. The lowest BCUT2D eigenvalue weighted by molar-refractivity contribution is -0.662. The zero-order chi connectivity index (χ0) is 17.1. The van der Waals surface area contributed by atoms with Crippen LogP contribution in [0.15, 0.2) is 29.8 Å². The Balaban J connectivity index is 0.000000366. The normalized spacial score (nSPS) is 13.1. The standard InChI is InChI=1S/C12H13NO4.C5H11N/c1-16-11(14)10(12(15)17-2)7-8-3-5-9(13)6-4-8;1-2-4-6-5-3-1/h3-7H,13H2,1-2H3;6H,1-5H2/p+1. The van der Waals surface area contributed by atoms with E-state index in [-0.39, 0.29) is 5.57 Å². The predicted octanol–water partition coefficient (Wildman–Crippen LogP) is 0.732. The number of benzene rings is 1. The molecule has 0 atom stereocenters. The maximum atomic E-state index is 11.4. The van der Waals surface area contributed by atoms with E-state index in [9.17, 15) is 9.59 Å². The number of anilines is 1. The monoisotopic (exact) mass is 321 g/mol. The second-order valence-electron chi connectivity index (χ2n) is 5.13. The van der Waals surface area contributed by atoms with Gasteiger partial charge in [0.25, 0.3) is 0 Å². The maximum Gasteiger partial charge on any atom is 0.345 e. The van der Waals surface area contributed by atoms with Gasteiger partial charge in [-0.15, -0.1) is 0 Å².